The highest BCUT2D eigenvalue weighted by atomic mass is 19.4. The second-order valence-electron chi connectivity index (χ2n) is 8.44. The number of halogens is 3. The standard InChI is InChI=1S/C23H27F3N6/c1-30(2)22-27-13-19(17-7-9-18(10-8-17)23(24,25)26)21(29-22)20-6-4-5-11-32(20)15-16-12-28-31(3)14-16/h7-10,12-14,20H,4-6,11,15H2,1-3H3/t20-/m0/s1. The van der Waals surface area contributed by atoms with Gasteiger partial charge in [-0.15, -0.1) is 0 Å². The number of benzene rings is 1. The van der Waals surface area contributed by atoms with Crippen molar-refractivity contribution in [3.05, 3.63) is 59.7 Å². The number of aromatic nitrogens is 4. The highest BCUT2D eigenvalue weighted by Crippen LogP contribution is 2.38. The molecule has 0 saturated carbocycles. The molecule has 0 radical (unpaired) electrons. The molecule has 0 N–H and O–H groups in total. The fourth-order valence-corrected chi connectivity index (χ4v) is 4.19. The Balaban J connectivity index is 1.74. The molecule has 1 atom stereocenters. The molecular weight excluding hydrogens is 417 g/mol. The van der Waals surface area contributed by atoms with Crippen molar-refractivity contribution in [2.45, 2.75) is 38.0 Å². The van der Waals surface area contributed by atoms with E-state index in [0.29, 0.717) is 11.5 Å². The van der Waals surface area contributed by atoms with Gasteiger partial charge in [0.2, 0.25) is 5.95 Å². The Morgan fingerprint density at radius 2 is 1.84 bits per heavy atom. The molecule has 2 aromatic heterocycles. The van der Waals surface area contributed by atoms with Crippen LogP contribution in [0, 0.1) is 0 Å². The van der Waals surface area contributed by atoms with Gasteiger partial charge in [0.05, 0.1) is 23.5 Å². The lowest BCUT2D eigenvalue weighted by Gasteiger charge is -2.36. The number of aryl methyl sites for hydroxylation is 1. The van der Waals surface area contributed by atoms with Crippen molar-refractivity contribution in [1.29, 1.82) is 0 Å². The van der Waals surface area contributed by atoms with E-state index in [9.17, 15) is 13.2 Å². The predicted octanol–water partition coefficient (Wildman–Crippen LogP) is 4.69. The fourth-order valence-electron chi connectivity index (χ4n) is 4.19. The van der Waals surface area contributed by atoms with E-state index >= 15 is 0 Å². The molecule has 1 aromatic carbocycles. The summed E-state index contributed by atoms with van der Waals surface area (Å²) in [5.41, 5.74) is 2.77. The summed E-state index contributed by atoms with van der Waals surface area (Å²) >= 11 is 0. The minimum atomic E-state index is -4.36. The number of alkyl halides is 3. The molecule has 1 saturated heterocycles. The Kier molecular flexibility index (Phi) is 6.19. The minimum Gasteiger partial charge on any atom is -0.347 e. The van der Waals surface area contributed by atoms with E-state index in [1.54, 1.807) is 10.9 Å². The maximum absolute atomic E-state index is 13.1. The third kappa shape index (κ3) is 4.77. The molecular formula is C23H27F3N6. The summed E-state index contributed by atoms with van der Waals surface area (Å²) in [4.78, 5) is 13.6. The third-order valence-corrected chi connectivity index (χ3v) is 5.80. The second kappa shape index (κ2) is 8.90. The first-order chi connectivity index (χ1) is 15.2. The van der Waals surface area contributed by atoms with Crippen molar-refractivity contribution in [1.82, 2.24) is 24.6 Å². The van der Waals surface area contributed by atoms with Gasteiger partial charge in [-0.2, -0.15) is 18.3 Å². The van der Waals surface area contributed by atoms with Crippen LogP contribution in [0.25, 0.3) is 11.1 Å². The van der Waals surface area contributed by atoms with Crippen molar-refractivity contribution in [2.24, 2.45) is 7.05 Å². The van der Waals surface area contributed by atoms with Crippen LogP contribution in [0.4, 0.5) is 19.1 Å². The summed E-state index contributed by atoms with van der Waals surface area (Å²) < 4.78 is 40.9. The average molecular weight is 445 g/mol. The number of hydrogen-bond acceptors (Lipinski definition) is 5. The Bertz CT molecular complexity index is 1060. The molecule has 0 aliphatic carbocycles. The molecule has 1 aliphatic heterocycles. The summed E-state index contributed by atoms with van der Waals surface area (Å²) in [5.74, 6) is 0.586. The normalized spacial score (nSPS) is 17.5. The molecule has 0 spiro atoms. The monoisotopic (exact) mass is 444 g/mol. The van der Waals surface area contributed by atoms with E-state index in [4.69, 9.17) is 4.98 Å². The molecule has 1 fully saturated rings. The number of nitrogens with zero attached hydrogens (tertiary/aromatic N) is 6. The van der Waals surface area contributed by atoms with E-state index in [1.807, 2.05) is 38.4 Å². The van der Waals surface area contributed by atoms with E-state index in [2.05, 4.69) is 15.0 Å². The van der Waals surface area contributed by atoms with Crippen LogP contribution in [0.5, 0.6) is 0 Å². The quantitative estimate of drug-likeness (QED) is 0.572. The minimum absolute atomic E-state index is 0.0444. The summed E-state index contributed by atoms with van der Waals surface area (Å²) in [6.45, 7) is 1.67. The van der Waals surface area contributed by atoms with E-state index < -0.39 is 11.7 Å². The van der Waals surface area contributed by atoms with Crippen LogP contribution in [0.3, 0.4) is 0 Å². The fraction of sp³-hybridized carbons (Fsp3) is 0.435. The van der Waals surface area contributed by atoms with Crippen molar-refractivity contribution < 1.29 is 13.2 Å². The lowest BCUT2D eigenvalue weighted by molar-refractivity contribution is -0.137. The summed E-state index contributed by atoms with van der Waals surface area (Å²) in [6, 6.07) is 5.30. The molecule has 0 bridgehead atoms. The largest absolute Gasteiger partial charge is 0.416 e. The molecule has 1 aliphatic rings. The van der Waals surface area contributed by atoms with Gasteiger partial charge in [-0.1, -0.05) is 18.6 Å². The van der Waals surface area contributed by atoms with Crippen LogP contribution in [0.2, 0.25) is 0 Å². The maximum atomic E-state index is 13.1. The second-order valence-corrected chi connectivity index (χ2v) is 8.44. The summed E-state index contributed by atoms with van der Waals surface area (Å²) in [6.07, 6.45) is 4.34. The van der Waals surface area contributed by atoms with Gasteiger partial charge in [0.1, 0.15) is 0 Å². The molecule has 0 amide bonds. The van der Waals surface area contributed by atoms with E-state index in [-0.39, 0.29) is 6.04 Å². The maximum Gasteiger partial charge on any atom is 0.416 e. The molecule has 170 valence electrons. The molecule has 0 unspecified atom stereocenters. The summed E-state index contributed by atoms with van der Waals surface area (Å²) in [7, 11) is 5.66. The SMILES string of the molecule is CN(C)c1ncc(-c2ccc(C(F)(F)F)cc2)c([C@@H]2CCCCN2Cc2cnn(C)c2)n1. The first kappa shape index (κ1) is 22.3. The number of rotatable bonds is 5. The van der Waals surface area contributed by atoms with Crippen LogP contribution in [0.15, 0.2) is 42.9 Å². The first-order valence-corrected chi connectivity index (χ1v) is 10.7. The Hall–Kier alpha value is -2.94. The molecule has 3 heterocycles. The van der Waals surface area contributed by atoms with Gasteiger partial charge in [0.25, 0.3) is 0 Å². The third-order valence-electron chi connectivity index (χ3n) is 5.80. The topological polar surface area (TPSA) is 50.1 Å². The van der Waals surface area contributed by atoms with Crippen LogP contribution in [0.1, 0.15) is 42.1 Å². The van der Waals surface area contributed by atoms with Crippen molar-refractivity contribution in [3.8, 4) is 11.1 Å². The Labute approximate surface area is 185 Å². The highest BCUT2D eigenvalue weighted by Gasteiger charge is 2.31. The predicted molar refractivity (Wildman–Crippen MR) is 117 cm³/mol. The van der Waals surface area contributed by atoms with Gasteiger partial charge in [-0.25, -0.2) is 9.97 Å². The van der Waals surface area contributed by atoms with Gasteiger partial charge in [0, 0.05) is 51.2 Å². The molecule has 3 aromatic rings. The molecule has 4 rings (SSSR count). The Morgan fingerprint density at radius 1 is 1.09 bits per heavy atom. The van der Waals surface area contributed by atoms with Gasteiger partial charge in [-0.05, 0) is 37.1 Å². The van der Waals surface area contributed by atoms with Crippen LogP contribution in [-0.2, 0) is 19.8 Å². The van der Waals surface area contributed by atoms with E-state index in [0.717, 1.165) is 61.3 Å². The van der Waals surface area contributed by atoms with Crippen LogP contribution < -0.4 is 4.90 Å². The molecule has 6 nitrogen and oxygen atoms in total. The molecule has 32 heavy (non-hydrogen) atoms. The van der Waals surface area contributed by atoms with Gasteiger partial charge < -0.3 is 4.90 Å². The number of hydrogen-bond donors (Lipinski definition) is 0. The van der Waals surface area contributed by atoms with Gasteiger partial charge in [-0.3, -0.25) is 9.58 Å². The lowest BCUT2D eigenvalue weighted by atomic mass is 9.93. The van der Waals surface area contributed by atoms with Crippen molar-refractivity contribution >= 4 is 5.95 Å². The highest BCUT2D eigenvalue weighted by molar-refractivity contribution is 5.67. The first-order valence-electron chi connectivity index (χ1n) is 10.7. The smallest absolute Gasteiger partial charge is 0.347 e. The Morgan fingerprint density at radius 3 is 2.47 bits per heavy atom. The number of anilines is 1. The number of piperidine rings is 1. The summed E-state index contributed by atoms with van der Waals surface area (Å²) in [5, 5.41) is 4.28. The van der Waals surface area contributed by atoms with E-state index in [1.165, 1.54) is 12.1 Å². The van der Waals surface area contributed by atoms with Crippen LogP contribution >= 0.6 is 0 Å². The van der Waals surface area contributed by atoms with Crippen molar-refractivity contribution in [3.63, 3.8) is 0 Å². The van der Waals surface area contributed by atoms with Crippen LogP contribution in [-0.4, -0.2) is 45.3 Å². The van der Waals surface area contributed by atoms with Crippen molar-refractivity contribution in [2.75, 3.05) is 25.5 Å². The zero-order valence-corrected chi connectivity index (χ0v) is 18.5. The molecule has 9 heteroatoms. The zero-order chi connectivity index (χ0) is 22.9. The van der Waals surface area contributed by atoms with Gasteiger partial charge >= 0.3 is 6.18 Å². The lowest BCUT2D eigenvalue weighted by Crippen LogP contribution is -2.34. The zero-order valence-electron chi connectivity index (χ0n) is 18.5. The number of likely N-dealkylation sites (tertiary alicyclic amines) is 1. The van der Waals surface area contributed by atoms with Gasteiger partial charge in [0.15, 0.2) is 0 Å². The average Bonchev–Trinajstić information content (AvgIpc) is 3.18.